The molecule has 0 aliphatic carbocycles. The largest absolute Gasteiger partial charge is 0.107 e. The highest BCUT2D eigenvalue weighted by Crippen LogP contribution is 1.93. The lowest BCUT2D eigenvalue weighted by Crippen LogP contribution is -1.70. The highest BCUT2D eigenvalue weighted by molar-refractivity contribution is 6.22. The maximum Gasteiger partial charge on any atom is 0.0168 e. The van der Waals surface area contributed by atoms with Gasteiger partial charge in [0.1, 0.15) is 0 Å². The van der Waals surface area contributed by atoms with E-state index in [4.69, 9.17) is 0 Å². The first kappa shape index (κ1) is 6.34. The van der Waals surface area contributed by atoms with Crippen molar-refractivity contribution in [1.29, 1.82) is 0 Å². The normalized spacial score (nSPS) is 7.67. The zero-order valence-electron chi connectivity index (χ0n) is 5.39. The van der Waals surface area contributed by atoms with Crippen LogP contribution in [0.1, 0.15) is 5.56 Å². The fourth-order valence-electron chi connectivity index (χ4n) is 0.666. The maximum atomic E-state index is 3.24. The van der Waals surface area contributed by atoms with Crippen molar-refractivity contribution in [3.05, 3.63) is 35.9 Å². The van der Waals surface area contributed by atoms with Crippen molar-refractivity contribution in [1.82, 2.24) is 0 Å². The molecule has 0 atom stereocenters. The lowest BCUT2D eigenvalue weighted by Gasteiger charge is -1.84. The zero-order chi connectivity index (χ0) is 6.53. The molecule has 0 amide bonds. The molecule has 0 aromatic heterocycles. The summed E-state index contributed by atoms with van der Waals surface area (Å²) >= 11 is 0. The van der Waals surface area contributed by atoms with Gasteiger partial charge in [-0.25, -0.2) is 0 Å². The second-order valence-corrected chi connectivity index (χ2v) is 2.49. The van der Waals surface area contributed by atoms with E-state index in [9.17, 15) is 0 Å². The number of benzene rings is 1. The first-order valence-corrected chi connectivity index (χ1v) is 4.41. The van der Waals surface area contributed by atoms with E-state index in [1.807, 2.05) is 18.2 Å². The zero-order valence-corrected chi connectivity index (χ0v) is 6.39. The van der Waals surface area contributed by atoms with Crippen molar-refractivity contribution in [3.63, 3.8) is 0 Å². The molecule has 44 valence electrons. The van der Waals surface area contributed by atoms with Crippen LogP contribution in [0.4, 0.5) is 0 Å². The van der Waals surface area contributed by atoms with Gasteiger partial charge in [0.2, 0.25) is 0 Å². The summed E-state index contributed by atoms with van der Waals surface area (Å²) in [5, 5.41) is 0. The molecule has 0 bridgehead atoms. The van der Waals surface area contributed by atoms with Gasteiger partial charge in [0, 0.05) is 5.56 Å². The van der Waals surface area contributed by atoms with E-state index in [-0.39, 0.29) is 0 Å². The van der Waals surface area contributed by atoms with Crippen LogP contribution < -0.4 is 0 Å². The van der Waals surface area contributed by atoms with Crippen LogP contribution in [0.3, 0.4) is 0 Å². The van der Waals surface area contributed by atoms with Crippen molar-refractivity contribution in [2.75, 3.05) is 0 Å². The number of hydrogen-bond donors (Lipinski definition) is 0. The van der Waals surface area contributed by atoms with Crippen molar-refractivity contribution in [3.8, 4) is 5.50 Å². The van der Waals surface area contributed by atoms with Crippen LogP contribution in [0, 0.1) is 5.50 Å². The minimum Gasteiger partial charge on any atom is -0.107 e. The summed E-state index contributed by atoms with van der Waals surface area (Å²) in [5.41, 5.74) is 4.44. The molecule has 0 unspecified atom stereocenters. The maximum absolute atomic E-state index is 3.24. The Morgan fingerprint density at radius 1 is 1.22 bits per heavy atom. The van der Waals surface area contributed by atoms with Crippen LogP contribution in [0.15, 0.2) is 30.3 Å². The summed E-state index contributed by atoms with van der Waals surface area (Å²) < 4.78 is 0. The molecule has 0 N–H and O–H groups in total. The van der Waals surface area contributed by atoms with Crippen molar-refractivity contribution >= 4 is 8.96 Å². The molecule has 0 fully saturated rings. The lowest BCUT2D eigenvalue weighted by atomic mass is 10.2. The minimum atomic E-state index is 0.785. The Morgan fingerprint density at radius 3 is 2.44 bits per heavy atom. The second kappa shape index (κ2) is 3.28. The second-order valence-electron chi connectivity index (χ2n) is 1.74. The standard InChI is InChI=1S/C8H8Si/c1-9-7-8-5-3-2-4-6-8/h2-6H,1H3. The third kappa shape index (κ3) is 1.88. The Labute approximate surface area is 57.6 Å². The Hall–Kier alpha value is -0.783. The van der Waals surface area contributed by atoms with Gasteiger partial charge in [-0.05, 0) is 27.6 Å². The molecule has 1 aromatic carbocycles. The van der Waals surface area contributed by atoms with E-state index in [0.29, 0.717) is 0 Å². The third-order valence-corrected chi connectivity index (χ3v) is 1.58. The van der Waals surface area contributed by atoms with Crippen molar-refractivity contribution in [2.24, 2.45) is 0 Å². The van der Waals surface area contributed by atoms with Gasteiger partial charge in [0.05, 0.1) is 0 Å². The number of hydrogen-bond acceptors (Lipinski definition) is 0. The van der Waals surface area contributed by atoms with Crippen LogP contribution in [-0.4, -0.2) is 8.96 Å². The summed E-state index contributed by atoms with van der Waals surface area (Å²) in [7, 11) is 0.785. The van der Waals surface area contributed by atoms with E-state index in [1.54, 1.807) is 0 Å². The quantitative estimate of drug-likeness (QED) is 0.472. The summed E-state index contributed by atoms with van der Waals surface area (Å²) in [6.45, 7) is 2.12. The van der Waals surface area contributed by atoms with E-state index >= 15 is 0 Å². The minimum absolute atomic E-state index is 0.785. The fourth-order valence-corrected chi connectivity index (χ4v) is 1.12. The predicted molar refractivity (Wildman–Crippen MR) is 41.1 cm³/mol. The topological polar surface area (TPSA) is 0 Å². The Morgan fingerprint density at radius 2 is 1.89 bits per heavy atom. The van der Waals surface area contributed by atoms with Gasteiger partial charge in [0.15, 0.2) is 0 Å². The molecular weight excluding hydrogens is 124 g/mol. The van der Waals surface area contributed by atoms with Crippen molar-refractivity contribution < 1.29 is 0 Å². The average Bonchev–Trinajstić information content (AvgIpc) is 1.91. The molecule has 0 saturated heterocycles. The molecule has 1 rings (SSSR count). The van der Waals surface area contributed by atoms with E-state index in [1.165, 1.54) is 5.56 Å². The van der Waals surface area contributed by atoms with E-state index in [2.05, 4.69) is 24.2 Å². The van der Waals surface area contributed by atoms with Crippen LogP contribution in [0.25, 0.3) is 0 Å². The Balaban J connectivity index is 2.94. The summed E-state index contributed by atoms with van der Waals surface area (Å²) in [6.07, 6.45) is 0. The first-order valence-electron chi connectivity index (χ1n) is 2.91. The number of rotatable bonds is 0. The van der Waals surface area contributed by atoms with Gasteiger partial charge < -0.3 is 0 Å². The Kier molecular flexibility index (Phi) is 2.31. The van der Waals surface area contributed by atoms with Gasteiger partial charge in [-0.2, -0.15) is 0 Å². The van der Waals surface area contributed by atoms with Gasteiger partial charge in [-0.1, -0.05) is 18.2 Å². The Bertz CT molecular complexity index is 228. The molecule has 0 nitrogen and oxygen atoms in total. The molecule has 0 aliphatic rings. The van der Waals surface area contributed by atoms with Gasteiger partial charge in [-0.3, -0.25) is 0 Å². The monoisotopic (exact) mass is 132 g/mol. The lowest BCUT2D eigenvalue weighted by molar-refractivity contribution is 1.66. The predicted octanol–water partition coefficient (Wildman–Crippen LogP) is 1.75. The summed E-state index contributed by atoms with van der Waals surface area (Å²) in [4.78, 5) is 0. The van der Waals surface area contributed by atoms with Crippen LogP contribution >= 0.6 is 0 Å². The molecule has 0 saturated carbocycles. The molecule has 0 spiro atoms. The van der Waals surface area contributed by atoms with Gasteiger partial charge >= 0.3 is 0 Å². The SMILES string of the molecule is C[Si]#Cc1ccccc1. The van der Waals surface area contributed by atoms with Crippen LogP contribution in [0.2, 0.25) is 6.55 Å². The molecular formula is C8H8Si. The highest BCUT2D eigenvalue weighted by atomic mass is 28.2. The van der Waals surface area contributed by atoms with Gasteiger partial charge in [0.25, 0.3) is 0 Å². The van der Waals surface area contributed by atoms with Crippen LogP contribution in [0.5, 0.6) is 0 Å². The van der Waals surface area contributed by atoms with Crippen LogP contribution in [-0.2, 0) is 0 Å². The molecule has 1 aromatic rings. The third-order valence-electron chi connectivity index (χ3n) is 1.04. The summed E-state index contributed by atoms with van der Waals surface area (Å²) in [6, 6.07) is 10.2. The van der Waals surface area contributed by atoms with E-state index < -0.39 is 0 Å². The first-order chi connectivity index (χ1) is 4.43. The molecule has 0 radical (unpaired) electrons. The molecule has 0 aliphatic heterocycles. The van der Waals surface area contributed by atoms with E-state index in [0.717, 1.165) is 8.96 Å². The molecule has 1 heteroatoms. The molecule has 0 heterocycles. The average molecular weight is 132 g/mol. The summed E-state index contributed by atoms with van der Waals surface area (Å²) in [5.74, 6) is 0. The molecule has 9 heavy (non-hydrogen) atoms. The highest BCUT2D eigenvalue weighted by Gasteiger charge is 1.76. The van der Waals surface area contributed by atoms with Crippen molar-refractivity contribution in [2.45, 2.75) is 6.55 Å². The smallest absolute Gasteiger partial charge is 0.0168 e. The van der Waals surface area contributed by atoms with Gasteiger partial charge in [-0.15, -0.1) is 5.50 Å². The fraction of sp³-hybridized carbons (Fsp3) is 0.125.